The van der Waals surface area contributed by atoms with Gasteiger partial charge in [-0.25, -0.2) is 0 Å². The van der Waals surface area contributed by atoms with Crippen molar-refractivity contribution in [2.75, 3.05) is 6.54 Å². The molecule has 0 aliphatic heterocycles. The molecule has 0 saturated heterocycles. The van der Waals surface area contributed by atoms with Gasteiger partial charge in [0.1, 0.15) is 0 Å². The Hall–Kier alpha value is -1.22. The van der Waals surface area contributed by atoms with E-state index in [0.29, 0.717) is 11.6 Å². The molecule has 0 radical (unpaired) electrons. The Morgan fingerprint density at radius 2 is 1.60 bits per heavy atom. The lowest BCUT2D eigenvalue weighted by molar-refractivity contribution is 0.0954. The third-order valence-electron chi connectivity index (χ3n) is 2.81. The minimum atomic E-state index is -0.321. The molecule has 0 saturated carbocycles. The normalized spacial score (nSPS) is 10.3. The number of nitrogens with one attached hydrogen (secondary N) is 1. The summed E-state index contributed by atoms with van der Waals surface area (Å²) in [7, 11) is 0. The van der Waals surface area contributed by atoms with E-state index < -0.39 is 0 Å². The lowest BCUT2D eigenvalue weighted by atomic mass is 10.1. The fraction of sp³-hybridized carbons (Fsp3) is 0.133. The van der Waals surface area contributed by atoms with Crippen molar-refractivity contribution in [1.82, 2.24) is 5.32 Å². The molecule has 2 nitrogen and oxygen atoms in total. The molecule has 2 aromatic carbocycles. The van der Waals surface area contributed by atoms with E-state index in [0.717, 1.165) is 12.0 Å². The Bertz CT molecular complexity index is 614. The first kappa shape index (κ1) is 15.2. The summed E-state index contributed by atoms with van der Waals surface area (Å²) >= 11 is 17.9. The van der Waals surface area contributed by atoms with Crippen LogP contribution in [0.4, 0.5) is 0 Å². The highest BCUT2D eigenvalue weighted by Crippen LogP contribution is 2.31. The average molecular weight is 329 g/mol. The van der Waals surface area contributed by atoms with E-state index in [1.165, 1.54) is 0 Å². The number of amides is 1. The number of hydrogen-bond acceptors (Lipinski definition) is 1. The zero-order valence-electron chi connectivity index (χ0n) is 10.5. The molecule has 104 valence electrons. The van der Waals surface area contributed by atoms with Gasteiger partial charge in [0.25, 0.3) is 5.91 Å². The van der Waals surface area contributed by atoms with Crippen LogP contribution in [0.25, 0.3) is 0 Å². The maximum atomic E-state index is 12.1. The Morgan fingerprint density at radius 3 is 2.30 bits per heavy atom. The zero-order chi connectivity index (χ0) is 14.5. The van der Waals surface area contributed by atoms with E-state index in [1.807, 2.05) is 30.3 Å². The lowest BCUT2D eigenvalue weighted by Crippen LogP contribution is -2.26. The summed E-state index contributed by atoms with van der Waals surface area (Å²) in [5.74, 6) is -0.321. The number of rotatable bonds is 4. The summed E-state index contributed by atoms with van der Waals surface area (Å²) in [6.07, 6.45) is 0.738. The van der Waals surface area contributed by atoms with Crippen LogP contribution in [0.3, 0.4) is 0 Å². The first-order valence-electron chi connectivity index (χ1n) is 6.05. The second-order valence-corrected chi connectivity index (χ2v) is 5.40. The molecule has 0 atom stereocenters. The van der Waals surface area contributed by atoms with Crippen LogP contribution in [0.15, 0.2) is 42.5 Å². The van der Waals surface area contributed by atoms with Crippen molar-refractivity contribution in [3.8, 4) is 0 Å². The molecule has 0 aliphatic rings. The Labute approximate surface area is 132 Å². The van der Waals surface area contributed by atoms with E-state index in [1.54, 1.807) is 12.1 Å². The van der Waals surface area contributed by atoms with Gasteiger partial charge in [-0.15, -0.1) is 0 Å². The summed E-state index contributed by atoms with van der Waals surface area (Å²) in [5, 5.41) is 3.57. The smallest absolute Gasteiger partial charge is 0.254 e. The number of carbonyl (C=O) groups excluding carboxylic acids is 1. The van der Waals surface area contributed by atoms with Crippen LogP contribution in [0, 0.1) is 0 Å². The Balaban J connectivity index is 2.01. The number of hydrogen-bond donors (Lipinski definition) is 1. The van der Waals surface area contributed by atoms with E-state index in [-0.39, 0.29) is 21.5 Å². The minimum Gasteiger partial charge on any atom is -0.352 e. The van der Waals surface area contributed by atoms with Crippen molar-refractivity contribution in [3.05, 3.63) is 68.7 Å². The summed E-state index contributed by atoms with van der Waals surface area (Å²) in [5.41, 5.74) is 1.37. The summed E-state index contributed by atoms with van der Waals surface area (Å²) in [6.45, 7) is 0.502. The highest BCUT2D eigenvalue weighted by molar-refractivity contribution is 6.46. The van der Waals surface area contributed by atoms with Gasteiger partial charge in [-0.05, 0) is 24.1 Å². The largest absolute Gasteiger partial charge is 0.352 e. The van der Waals surface area contributed by atoms with Crippen molar-refractivity contribution in [2.45, 2.75) is 6.42 Å². The van der Waals surface area contributed by atoms with Gasteiger partial charge >= 0.3 is 0 Å². The van der Waals surface area contributed by atoms with Crippen molar-refractivity contribution in [3.63, 3.8) is 0 Å². The molecule has 0 fully saturated rings. The molecule has 20 heavy (non-hydrogen) atoms. The topological polar surface area (TPSA) is 29.1 Å². The molecule has 1 amide bonds. The second kappa shape index (κ2) is 6.98. The van der Waals surface area contributed by atoms with Gasteiger partial charge in [0.2, 0.25) is 0 Å². The molecular weight excluding hydrogens is 317 g/mol. The van der Waals surface area contributed by atoms with Crippen LogP contribution in [0.5, 0.6) is 0 Å². The number of benzene rings is 2. The second-order valence-electron chi connectivity index (χ2n) is 4.21. The SMILES string of the molecule is O=C(NCCc1ccccc1)c1c(Cl)ccc(Cl)c1Cl. The maximum Gasteiger partial charge on any atom is 0.254 e. The van der Waals surface area contributed by atoms with E-state index in [9.17, 15) is 4.79 Å². The molecule has 0 aromatic heterocycles. The highest BCUT2D eigenvalue weighted by Gasteiger charge is 2.16. The minimum absolute atomic E-state index is 0.177. The van der Waals surface area contributed by atoms with Crippen molar-refractivity contribution >= 4 is 40.7 Å². The standard InChI is InChI=1S/C15H12Cl3NO/c16-11-6-7-12(17)14(18)13(11)15(20)19-9-8-10-4-2-1-3-5-10/h1-7H,8-9H2,(H,19,20). The Kier molecular flexibility index (Phi) is 5.30. The number of carbonyl (C=O) groups is 1. The molecule has 0 spiro atoms. The van der Waals surface area contributed by atoms with E-state index >= 15 is 0 Å². The van der Waals surface area contributed by atoms with Crippen molar-refractivity contribution in [1.29, 1.82) is 0 Å². The van der Waals surface area contributed by atoms with Crippen LogP contribution in [0.1, 0.15) is 15.9 Å². The molecule has 0 heterocycles. The van der Waals surface area contributed by atoms with Gasteiger partial charge in [-0.2, -0.15) is 0 Å². The summed E-state index contributed by atoms with van der Waals surface area (Å²) in [4.78, 5) is 12.1. The molecule has 0 unspecified atom stereocenters. The predicted octanol–water partition coefficient (Wildman–Crippen LogP) is 4.62. The van der Waals surface area contributed by atoms with Crippen LogP contribution < -0.4 is 5.32 Å². The zero-order valence-corrected chi connectivity index (χ0v) is 12.8. The first-order chi connectivity index (χ1) is 9.59. The fourth-order valence-corrected chi connectivity index (χ4v) is 2.49. The third-order valence-corrected chi connectivity index (χ3v) is 3.93. The van der Waals surface area contributed by atoms with Gasteiger partial charge in [-0.1, -0.05) is 65.1 Å². The van der Waals surface area contributed by atoms with Crippen LogP contribution >= 0.6 is 34.8 Å². The molecule has 5 heteroatoms. The van der Waals surface area contributed by atoms with Gasteiger partial charge in [0.15, 0.2) is 0 Å². The molecule has 0 aliphatic carbocycles. The fourth-order valence-electron chi connectivity index (χ4n) is 1.79. The maximum absolute atomic E-state index is 12.1. The summed E-state index contributed by atoms with van der Waals surface area (Å²) < 4.78 is 0. The third kappa shape index (κ3) is 3.66. The van der Waals surface area contributed by atoms with E-state index in [4.69, 9.17) is 34.8 Å². The van der Waals surface area contributed by atoms with Crippen molar-refractivity contribution < 1.29 is 4.79 Å². The van der Waals surface area contributed by atoms with Gasteiger partial charge in [0.05, 0.1) is 20.6 Å². The first-order valence-corrected chi connectivity index (χ1v) is 7.18. The van der Waals surface area contributed by atoms with Crippen LogP contribution in [-0.2, 0) is 6.42 Å². The lowest BCUT2D eigenvalue weighted by Gasteiger charge is -2.09. The molecule has 0 bridgehead atoms. The monoisotopic (exact) mass is 327 g/mol. The van der Waals surface area contributed by atoms with Crippen LogP contribution in [0.2, 0.25) is 15.1 Å². The molecule has 1 N–H and O–H groups in total. The van der Waals surface area contributed by atoms with E-state index in [2.05, 4.69) is 5.32 Å². The molecule has 2 rings (SSSR count). The summed E-state index contributed by atoms with van der Waals surface area (Å²) in [6, 6.07) is 13.0. The molecular formula is C15H12Cl3NO. The number of halogens is 3. The predicted molar refractivity (Wildman–Crippen MR) is 84.0 cm³/mol. The molecule has 2 aromatic rings. The van der Waals surface area contributed by atoms with Gasteiger partial charge < -0.3 is 5.32 Å². The van der Waals surface area contributed by atoms with Crippen molar-refractivity contribution in [2.24, 2.45) is 0 Å². The van der Waals surface area contributed by atoms with Crippen LogP contribution in [-0.4, -0.2) is 12.5 Å². The Morgan fingerprint density at radius 1 is 0.950 bits per heavy atom. The highest BCUT2D eigenvalue weighted by atomic mass is 35.5. The average Bonchev–Trinajstić information content (AvgIpc) is 2.44. The quantitative estimate of drug-likeness (QED) is 0.815. The van der Waals surface area contributed by atoms with Gasteiger partial charge in [0, 0.05) is 6.54 Å². The van der Waals surface area contributed by atoms with Gasteiger partial charge in [-0.3, -0.25) is 4.79 Å².